The first-order valence-corrected chi connectivity index (χ1v) is 6.65. The van der Waals surface area contributed by atoms with E-state index in [1.807, 2.05) is 54.6 Å². The number of nitrogens with one attached hydrogen (secondary N) is 1. The first-order valence-electron chi connectivity index (χ1n) is 6.65. The second-order valence-corrected chi connectivity index (χ2v) is 4.89. The highest BCUT2D eigenvalue weighted by molar-refractivity contribution is 5.94. The van der Waals surface area contributed by atoms with E-state index in [0.29, 0.717) is 11.5 Å². The molecule has 0 saturated carbocycles. The Kier molecular flexibility index (Phi) is 4.66. The summed E-state index contributed by atoms with van der Waals surface area (Å²) in [5, 5.41) is 3.95. The average molecular weight is 266 g/mol. The minimum atomic E-state index is -0.201. The van der Waals surface area contributed by atoms with Gasteiger partial charge in [0, 0.05) is 5.56 Å². The normalized spacial score (nSPS) is 10.9. The molecule has 2 rings (SSSR count). The first-order chi connectivity index (χ1) is 9.66. The first kappa shape index (κ1) is 14.0. The van der Waals surface area contributed by atoms with Gasteiger partial charge >= 0.3 is 0 Å². The number of nitrogens with zero attached hydrogens (tertiary/aromatic N) is 1. The average Bonchev–Trinajstić information content (AvgIpc) is 2.48. The number of amides is 1. The highest BCUT2D eigenvalue weighted by Gasteiger charge is 2.05. The van der Waals surface area contributed by atoms with Gasteiger partial charge in [0.1, 0.15) is 0 Å². The maximum absolute atomic E-state index is 11.9. The van der Waals surface area contributed by atoms with Gasteiger partial charge in [0.25, 0.3) is 5.91 Å². The number of benzene rings is 2. The SMILES string of the molecule is CC(C)c1ccc(C(=O)N/N=C/c2ccccc2)cc1. The van der Waals surface area contributed by atoms with Crippen LogP contribution in [0, 0.1) is 0 Å². The molecule has 20 heavy (non-hydrogen) atoms. The summed E-state index contributed by atoms with van der Waals surface area (Å²) in [6.45, 7) is 4.25. The zero-order valence-corrected chi connectivity index (χ0v) is 11.7. The van der Waals surface area contributed by atoms with Gasteiger partial charge in [0.15, 0.2) is 0 Å². The van der Waals surface area contributed by atoms with Crippen LogP contribution in [0.25, 0.3) is 0 Å². The van der Waals surface area contributed by atoms with Crippen molar-refractivity contribution in [2.75, 3.05) is 0 Å². The van der Waals surface area contributed by atoms with E-state index in [9.17, 15) is 4.79 Å². The van der Waals surface area contributed by atoms with Crippen molar-refractivity contribution >= 4 is 12.1 Å². The Bertz CT molecular complexity index is 586. The molecule has 0 spiro atoms. The molecule has 0 saturated heterocycles. The molecule has 102 valence electrons. The summed E-state index contributed by atoms with van der Waals surface area (Å²) in [5.74, 6) is 0.260. The highest BCUT2D eigenvalue weighted by Crippen LogP contribution is 2.14. The van der Waals surface area contributed by atoms with E-state index < -0.39 is 0 Å². The van der Waals surface area contributed by atoms with E-state index in [4.69, 9.17) is 0 Å². The second kappa shape index (κ2) is 6.66. The summed E-state index contributed by atoms with van der Waals surface area (Å²) in [7, 11) is 0. The quantitative estimate of drug-likeness (QED) is 0.667. The minimum absolute atomic E-state index is 0.201. The lowest BCUT2D eigenvalue weighted by Crippen LogP contribution is -2.17. The van der Waals surface area contributed by atoms with Crippen LogP contribution in [0.5, 0.6) is 0 Å². The molecule has 0 radical (unpaired) electrons. The summed E-state index contributed by atoms with van der Waals surface area (Å²) in [6.07, 6.45) is 1.63. The molecule has 3 nitrogen and oxygen atoms in total. The fraction of sp³-hybridized carbons (Fsp3) is 0.176. The van der Waals surface area contributed by atoms with Gasteiger partial charge in [-0.3, -0.25) is 4.79 Å². The van der Waals surface area contributed by atoms with Crippen LogP contribution in [0.15, 0.2) is 59.7 Å². The second-order valence-electron chi connectivity index (χ2n) is 4.89. The molecule has 0 fully saturated rings. The van der Waals surface area contributed by atoms with Crippen molar-refractivity contribution in [2.24, 2.45) is 5.10 Å². The van der Waals surface area contributed by atoms with Gasteiger partial charge in [-0.1, -0.05) is 56.3 Å². The molecule has 1 N–H and O–H groups in total. The van der Waals surface area contributed by atoms with E-state index in [0.717, 1.165) is 5.56 Å². The van der Waals surface area contributed by atoms with Gasteiger partial charge in [0.05, 0.1) is 6.21 Å². The van der Waals surface area contributed by atoms with Crippen molar-refractivity contribution in [3.05, 3.63) is 71.3 Å². The third-order valence-corrected chi connectivity index (χ3v) is 3.02. The van der Waals surface area contributed by atoms with Crippen LogP contribution < -0.4 is 5.43 Å². The monoisotopic (exact) mass is 266 g/mol. The van der Waals surface area contributed by atoms with Crippen LogP contribution >= 0.6 is 0 Å². The Morgan fingerprint density at radius 1 is 1.05 bits per heavy atom. The minimum Gasteiger partial charge on any atom is -0.267 e. The third kappa shape index (κ3) is 3.79. The van der Waals surface area contributed by atoms with E-state index in [2.05, 4.69) is 24.4 Å². The van der Waals surface area contributed by atoms with Crippen molar-refractivity contribution in [1.82, 2.24) is 5.43 Å². The van der Waals surface area contributed by atoms with Crippen LogP contribution in [0.3, 0.4) is 0 Å². The van der Waals surface area contributed by atoms with Crippen molar-refractivity contribution in [3.8, 4) is 0 Å². The van der Waals surface area contributed by atoms with Crippen LogP contribution in [0.2, 0.25) is 0 Å². The molecular weight excluding hydrogens is 248 g/mol. The fourth-order valence-electron chi connectivity index (χ4n) is 1.79. The molecular formula is C17H18N2O. The van der Waals surface area contributed by atoms with E-state index in [1.165, 1.54) is 5.56 Å². The van der Waals surface area contributed by atoms with Gasteiger partial charge in [-0.25, -0.2) is 5.43 Å². The summed E-state index contributed by atoms with van der Waals surface area (Å²) in [4.78, 5) is 11.9. The zero-order valence-electron chi connectivity index (χ0n) is 11.7. The van der Waals surface area contributed by atoms with Gasteiger partial charge in [0.2, 0.25) is 0 Å². The lowest BCUT2D eigenvalue weighted by atomic mass is 10.0. The molecule has 0 heterocycles. The predicted octanol–water partition coefficient (Wildman–Crippen LogP) is 3.57. The van der Waals surface area contributed by atoms with Gasteiger partial charge in [-0.15, -0.1) is 0 Å². The maximum Gasteiger partial charge on any atom is 0.271 e. The lowest BCUT2D eigenvalue weighted by molar-refractivity contribution is 0.0955. The summed E-state index contributed by atoms with van der Waals surface area (Å²) in [6, 6.07) is 17.2. The van der Waals surface area contributed by atoms with E-state index in [-0.39, 0.29) is 5.91 Å². The standard InChI is InChI=1S/C17H18N2O/c1-13(2)15-8-10-16(11-9-15)17(20)19-18-12-14-6-4-3-5-7-14/h3-13H,1-2H3,(H,19,20)/b18-12+. The smallest absolute Gasteiger partial charge is 0.267 e. The Hall–Kier alpha value is -2.42. The number of hydrazone groups is 1. The number of carbonyl (C=O) groups is 1. The highest BCUT2D eigenvalue weighted by atomic mass is 16.2. The number of hydrogen-bond donors (Lipinski definition) is 1. The molecule has 2 aromatic carbocycles. The molecule has 0 bridgehead atoms. The molecule has 1 amide bonds. The van der Waals surface area contributed by atoms with Crippen molar-refractivity contribution in [2.45, 2.75) is 19.8 Å². The van der Waals surface area contributed by atoms with Gasteiger partial charge in [-0.2, -0.15) is 5.10 Å². The molecule has 0 atom stereocenters. The van der Waals surface area contributed by atoms with Crippen molar-refractivity contribution < 1.29 is 4.79 Å². The Morgan fingerprint density at radius 2 is 1.70 bits per heavy atom. The van der Waals surface area contributed by atoms with Gasteiger partial charge < -0.3 is 0 Å². The summed E-state index contributed by atoms with van der Waals surface area (Å²) in [5.41, 5.74) is 5.30. The third-order valence-electron chi connectivity index (χ3n) is 3.02. The molecule has 0 aliphatic carbocycles. The molecule has 3 heteroatoms. The molecule has 0 aromatic heterocycles. The number of rotatable bonds is 4. The maximum atomic E-state index is 11.9. The fourth-order valence-corrected chi connectivity index (χ4v) is 1.79. The molecule has 0 aliphatic heterocycles. The zero-order chi connectivity index (χ0) is 14.4. The van der Waals surface area contributed by atoms with Gasteiger partial charge in [-0.05, 0) is 29.2 Å². The van der Waals surface area contributed by atoms with Crippen LogP contribution in [0.4, 0.5) is 0 Å². The molecule has 2 aromatic rings. The lowest BCUT2D eigenvalue weighted by Gasteiger charge is -2.05. The van der Waals surface area contributed by atoms with Crippen molar-refractivity contribution in [3.63, 3.8) is 0 Å². The summed E-state index contributed by atoms with van der Waals surface area (Å²) < 4.78 is 0. The van der Waals surface area contributed by atoms with Crippen LogP contribution in [-0.2, 0) is 0 Å². The Labute approximate surface area is 119 Å². The van der Waals surface area contributed by atoms with Crippen LogP contribution in [-0.4, -0.2) is 12.1 Å². The van der Waals surface area contributed by atoms with Crippen molar-refractivity contribution in [1.29, 1.82) is 0 Å². The van der Waals surface area contributed by atoms with E-state index >= 15 is 0 Å². The Morgan fingerprint density at radius 3 is 2.30 bits per heavy atom. The predicted molar refractivity (Wildman–Crippen MR) is 82.0 cm³/mol. The topological polar surface area (TPSA) is 41.5 Å². The number of hydrogen-bond acceptors (Lipinski definition) is 2. The largest absolute Gasteiger partial charge is 0.271 e. The number of carbonyl (C=O) groups excluding carboxylic acids is 1. The summed E-state index contributed by atoms with van der Waals surface area (Å²) >= 11 is 0. The van der Waals surface area contributed by atoms with Crippen LogP contribution in [0.1, 0.15) is 41.3 Å². The molecule has 0 unspecified atom stereocenters. The van der Waals surface area contributed by atoms with E-state index in [1.54, 1.807) is 6.21 Å². The Balaban J connectivity index is 1.96. The molecule has 0 aliphatic rings.